The van der Waals surface area contributed by atoms with Crippen LogP contribution in [0.2, 0.25) is 5.02 Å². The van der Waals surface area contributed by atoms with Crippen LogP contribution in [0.25, 0.3) is 0 Å². The van der Waals surface area contributed by atoms with Gasteiger partial charge in [0.1, 0.15) is 0 Å². The van der Waals surface area contributed by atoms with Crippen LogP contribution in [0.15, 0.2) is 12.1 Å². The zero-order chi connectivity index (χ0) is 16.0. The molecule has 0 aliphatic rings. The van der Waals surface area contributed by atoms with Crippen molar-refractivity contribution in [3.05, 3.63) is 22.7 Å². The smallest absolute Gasteiger partial charge is 0.165 e. The lowest BCUT2D eigenvalue weighted by Gasteiger charge is -2.23. The van der Waals surface area contributed by atoms with E-state index in [4.69, 9.17) is 21.1 Å². The summed E-state index contributed by atoms with van der Waals surface area (Å²) >= 11 is 6.18. The van der Waals surface area contributed by atoms with Crippen LogP contribution >= 0.6 is 11.6 Å². The third-order valence-electron chi connectivity index (χ3n) is 3.33. The second-order valence-electron chi connectivity index (χ2n) is 6.52. The molecule has 1 aromatic carbocycles. The average Bonchev–Trinajstić information content (AvgIpc) is 2.41. The molecule has 0 heterocycles. The molecule has 0 fully saturated rings. The van der Waals surface area contributed by atoms with E-state index in [1.807, 2.05) is 6.07 Å². The van der Waals surface area contributed by atoms with E-state index < -0.39 is 0 Å². The van der Waals surface area contributed by atoms with E-state index in [1.165, 1.54) is 0 Å². The molecule has 4 heteroatoms. The highest BCUT2D eigenvalue weighted by molar-refractivity contribution is 6.30. The Hall–Kier alpha value is -0.930. The fourth-order valence-electron chi connectivity index (χ4n) is 1.77. The van der Waals surface area contributed by atoms with Gasteiger partial charge in [-0.1, -0.05) is 31.9 Å². The van der Waals surface area contributed by atoms with Crippen LogP contribution < -0.4 is 14.8 Å². The van der Waals surface area contributed by atoms with Gasteiger partial charge in [-0.05, 0) is 32.8 Å². The fraction of sp³-hybridized carbons (Fsp3) is 0.647. The number of halogens is 1. The second-order valence-corrected chi connectivity index (χ2v) is 6.96. The molecular formula is C17H28ClNO2. The Morgan fingerprint density at radius 1 is 1.29 bits per heavy atom. The second kappa shape index (κ2) is 7.90. The normalized spacial score (nSPS) is 13.1. The van der Waals surface area contributed by atoms with Gasteiger partial charge in [0.05, 0.1) is 13.7 Å². The van der Waals surface area contributed by atoms with E-state index in [9.17, 15) is 0 Å². The lowest BCUT2D eigenvalue weighted by atomic mass is 10.1. The number of hydrogen-bond acceptors (Lipinski definition) is 3. The first-order chi connectivity index (χ1) is 9.76. The van der Waals surface area contributed by atoms with Crippen molar-refractivity contribution in [3.63, 3.8) is 0 Å². The lowest BCUT2D eigenvalue weighted by Crippen LogP contribution is -2.35. The van der Waals surface area contributed by atoms with Gasteiger partial charge in [-0.15, -0.1) is 0 Å². The molecule has 0 aromatic heterocycles. The van der Waals surface area contributed by atoms with Crippen LogP contribution in [0.4, 0.5) is 0 Å². The molecule has 1 N–H and O–H groups in total. The first-order valence-electron chi connectivity index (χ1n) is 7.51. The van der Waals surface area contributed by atoms with Crippen molar-refractivity contribution in [2.24, 2.45) is 5.92 Å². The minimum Gasteiger partial charge on any atom is -0.493 e. The number of benzene rings is 1. The summed E-state index contributed by atoms with van der Waals surface area (Å²) < 4.78 is 11.4. The maximum atomic E-state index is 6.18. The summed E-state index contributed by atoms with van der Waals surface area (Å²) in [5.74, 6) is 1.99. The summed E-state index contributed by atoms with van der Waals surface area (Å²) in [5.41, 5.74) is 1.06. The summed E-state index contributed by atoms with van der Waals surface area (Å²) in [6.45, 7) is 12.1. The van der Waals surface area contributed by atoms with Crippen molar-refractivity contribution >= 4 is 11.6 Å². The standard InChI is InChI=1S/C17H28ClNO2/c1-7-12(2)11-21-16-13(10-19-17(3,4)5)8-14(18)9-15(16)20-6/h8-9,12,19H,7,10-11H2,1-6H3. The molecule has 0 saturated heterocycles. The van der Waals surface area contributed by atoms with E-state index in [-0.39, 0.29) is 5.54 Å². The lowest BCUT2D eigenvalue weighted by molar-refractivity contribution is 0.241. The molecule has 0 aliphatic carbocycles. The quantitative estimate of drug-likeness (QED) is 0.794. The van der Waals surface area contributed by atoms with Crippen molar-refractivity contribution in [3.8, 4) is 11.5 Å². The minimum atomic E-state index is 0.0313. The number of ether oxygens (including phenoxy) is 2. The Labute approximate surface area is 134 Å². The molecule has 1 unspecified atom stereocenters. The van der Waals surface area contributed by atoms with Crippen molar-refractivity contribution in [2.75, 3.05) is 13.7 Å². The van der Waals surface area contributed by atoms with Gasteiger partial charge < -0.3 is 14.8 Å². The molecule has 0 spiro atoms. The van der Waals surface area contributed by atoms with E-state index in [0.29, 0.717) is 29.8 Å². The van der Waals surface area contributed by atoms with Gasteiger partial charge >= 0.3 is 0 Å². The zero-order valence-corrected chi connectivity index (χ0v) is 14.8. The molecule has 0 saturated carbocycles. The first kappa shape index (κ1) is 18.1. The molecule has 0 bridgehead atoms. The number of nitrogens with one attached hydrogen (secondary N) is 1. The van der Waals surface area contributed by atoms with E-state index >= 15 is 0 Å². The van der Waals surface area contributed by atoms with Gasteiger partial charge in [-0.2, -0.15) is 0 Å². The Balaban J connectivity index is 2.99. The van der Waals surface area contributed by atoms with Crippen molar-refractivity contribution < 1.29 is 9.47 Å². The maximum absolute atomic E-state index is 6.18. The maximum Gasteiger partial charge on any atom is 0.165 e. The Bertz CT molecular complexity index is 455. The van der Waals surface area contributed by atoms with Crippen molar-refractivity contribution in [1.29, 1.82) is 0 Å². The van der Waals surface area contributed by atoms with Crippen LogP contribution in [0.3, 0.4) is 0 Å². The molecule has 1 aromatic rings. The molecule has 0 amide bonds. The topological polar surface area (TPSA) is 30.5 Å². The predicted molar refractivity (Wildman–Crippen MR) is 89.5 cm³/mol. The Morgan fingerprint density at radius 2 is 1.95 bits per heavy atom. The minimum absolute atomic E-state index is 0.0313. The van der Waals surface area contributed by atoms with Gasteiger partial charge in [0.25, 0.3) is 0 Å². The highest BCUT2D eigenvalue weighted by atomic mass is 35.5. The van der Waals surface area contributed by atoms with Crippen LogP contribution in [0.1, 0.15) is 46.6 Å². The summed E-state index contributed by atoms with van der Waals surface area (Å²) in [6, 6.07) is 3.74. The SMILES string of the molecule is CCC(C)COc1c(CNC(C)(C)C)cc(Cl)cc1OC. The van der Waals surface area contributed by atoms with E-state index in [0.717, 1.165) is 17.7 Å². The summed E-state index contributed by atoms with van der Waals surface area (Å²) in [6.07, 6.45) is 1.09. The predicted octanol–water partition coefficient (Wildman–Crippen LogP) is 4.66. The molecule has 1 rings (SSSR count). The molecule has 1 atom stereocenters. The highest BCUT2D eigenvalue weighted by Gasteiger charge is 2.16. The summed E-state index contributed by atoms with van der Waals surface area (Å²) in [7, 11) is 1.64. The molecule has 0 aliphatic heterocycles. The Morgan fingerprint density at radius 3 is 2.48 bits per heavy atom. The number of rotatable bonds is 7. The van der Waals surface area contributed by atoms with Gasteiger partial charge in [-0.3, -0.25) is 0 Å². The zero-order valence-electron chi connectivity index (χ0n) is 14.0. The fourth-order valence-corrected chi connectivity index (χ4v) is 2.00. The van der Waals surface area contributed by atoms with Crippen LogP contribution in [0, 0.1) is 5.92 Å². The molecule has 0 radical (unpaired) electrons. The van der Waals surface area contributed by atoms with Crippen molar-refractivity contribution in [2.45, 2.75) is 53.1 Å². The third kappa shape index (κ3) is 6.15. The highest BCUT2D eigenvalue weighted by Crippen LogP contribution is 2.35. The molecule has 3 nitrogen and oxygen atoms in total. The van der Waals surface area contributed by atoms with Gasteiger partial charge in [0.2, 0.25) is 0 Å². The van der Waals surface area contributed by atoms with Gasteiger partial charge in [-0.25, -0.2) is 0 Å². The molecule has 21 heavy (non-hydrogen) atoms. The van der Waals surface area contributed by atoms with E-state index in [1.54, 1.807) is 13.2 Å². The Kier molecular flexibility index (Phi) is 6.82. The van der Waals surface area contributed by atoms with Crippen LogP contribution in [-0.2, 0) is 6.54 Å². The van der Waals surface area contributed by atoms with Crippen molar-refractivity contribution in [1.82, 2.24) is 5.32 Å². The van der Waals surface area contributed by atoms with Crippen LogP contribution in [0.5, 0.6) is 11.5 Å². The number of hydrogen-bond donors (Lipinski definition) is 1. The summed E-state index contributed by atoms with van der Waals surface area (Å²) in [5, 5.41) is 4.13. The molecular weight excluding hydrogens is 286 g/mol. The van der Waals surface area contributed by atoms with E-state index in [2.05, 4.69) is 39.9 Å². The van der Waals surface area contributed by atoms with Gasteiger partial charge in [0, 0.05) is 28.7 Å². The van der Waals surface area contributed by atoms with Gasteiger partial charge in [0.15, 0.2) is 11.5 Å². The average molecular weight is 314 g/mol. The first-order valence-corrected chi connectivity index (χ1v) is 7.88. The van der Waals surface area contributed by atoms with Crippen LogP contribution in [-0.4, -0.2) is 19.3 Å². The largest absolute Gasteiger partial charge is 0.493 e. The monoisotopic (exact) mass is 313 g/mol. The molecule has 120 valence electrons. The summed E-state index contributed by atoms with van der Waals surface area (Å²) in [4.78, 5) is 0. The number of methoxy groups -OCH3 is 1. The third-order valence-corrected chi connectivity index (χ3v) is 3.55.